The quantitative estimate of drug-likeness (QED) is 0.652. The summed E-state index contributed by atoms with van der Waals surface area (Å²) >= 11 is 0. The second-order valence-corrected chi connectivity index (χ2v) is 6.43. The lowest BCUT2D eigenvalue weighted by Crippen LogP contribution is -2.42. The summed E-state index contributed by atoms with van der Waals surface area (Å²) in [5, 5.41) is 22.2. The number of benzene rings is 1. The van der Waals surface area contributed by atoms with E-state index in [1.807, 2.05) is 6.92 Å². The normalized spacial score (nSPS) is 12.1. The van der Waals surface area contributed by atoms with Crippen LogP contribution < -0.4 is 10.9 Å². The van der Waals surface area contributed by atoms with Gasteiger partial charge in [0, 0.05) is 0 Å². The highest BCUT2D eigenvalue weighted by atomic mass is 16.4. The molecule has 0 bridgehead atoms. The lowest BCUT2D eigenvalue weighted by atomic mass is 10.0. The molecule has 3 N–H and O–H groups in total. The van der Waals surface area contributed by atoms with Gasteiger partial charge >= 0.3 is 11.6 Å². The fraction of sp³-hybridized carbons (Fsp3) is 0.421. The van der Waals surface area contributed by atoms with Gasteiger partial charge in [0.25, 0.3) is 0 Å². The maximum atomic E-state index is 12.3. The van der Waals surface area contributed by atoms with E-state index in [-0.39, 0.29) is 23.3 Å². The van der Waals surface area contributed by atoms with Gasteiger partial charge in [0.15, 0.2) is 0 Å². The van der Waals surface area contributed by atoms with Crippen molar-refractivity contribution in [3.8, 4) is 5.75 Å². The third-order valence-corrected chi connectivity index (χ3v) is 4.32. The van der Waals surface area contributed by atoms with Gasteiger partial charge in [-0.1, -0.05) is 19.8 Å². The van der Waals surface area contributed by atoms with Crippen LogP contribution in [-0.2, 0) is 16.0 Å². The number of carboxylic acid groups (broad SMARTS) is 1. The number of hydrogen-bond donors (Lipinski definition) is 3. The Balaban J connectivity index is 2.31. The number of carboxylic acids is 1. The molecule has 1 heterocycles. The van der Waals surface area contributed by atoms with Crippen LogP contribution in [-0.4, -0.2) is 28.1 Å². The molecule has 0 unspecified atom stereocenters. The molecule has 140 valence electrons. The molecule has 0 fully saturated rings. The number of unbranched alkanes of at least 4 members (excludes halogenated alkanes) is 1. The van der Waals surface area contributed by atoms with Gasteiger partial charge in [0.05, 0.1) is 17.4 Å². The van der Waals surface area contributed by atoms with Gasteiger partial charge in [0.2, 0.25) is 5.91 Å². The van der Waals surface area contributed by atoms with Gasteiger partial charge in [-0.2, -0.15) is 0 Å². The Morgan fingerprint density at radius 3 is 2.58 bits per heavy atom. The van der Waals surface area contributed by atoms with Crippen LogP contribution >= 0.6 is 0 Å². The van der Waals surface area contributed by atoms with Crippen molar-refractivity contribution in [2.24, 2.45) is 0 Å². The molecule has 0 aliphatic heterocycles. The van der Waals surface area contributed by atoms with Gasteiger partial charge in [-0.05, 0) is 43.5 Å². The van der Waals surface area contributed by atoms with Gasteiger partial charge in [-0.3, -0.25) is 4.79 Å². The van der Waals surface area contributed by atoms with Crippen LogP contribution in [0.15, 0.2) is 21.3 Å². The van der Waals surface area contributed by atoms with Gasteiger partial charge in [-0.25, -0.2) is 9.59 Å². The first kappa shape index (κ1) is 19.5. The van der Waals surface area contributed by atoms with Crippen LogP contribution in [0.25, 0.3) is 11.0 Å². The van der Waals surface area contributed by atoms with Crippen molar-refractivity contribution < 1.29 is 24.2 Å². The van der Waals surface area contributed by atoms with Crippen LogP contribution in [0.1, 0.15) is 42.9 Å². The average molecular weight is 361 g/mol. The molecule has 2 aromatic rings. The van der Waals surface area contributed by atoms with E-state index < -0.39 is 23.5 Å². The molecule has 1 amide bonds. The van der Waals surface area contributed by atoms with Crippen LogP contribution in [0, 0.1) is 13.8 Å². The molecule has 7 heteroatoms. The SMILES string of the molecule is CCCC[C@@H](NC(=O)Cc1c(C)c2c(O)cc(C)cc2oc1=O)C(=O)O. The molecule has 1 aromatic carbocycles. The predicted molar refractivity (Wildman–Crippen MR) is 96.4 cm³/mol. The molecule has 0 aliphatic rings. The lowest BCUT2D eigenvalue weighted by molar-refractivity contribution is -0.142. The van der Waals surface area contributed by atoms with Crippen LogP contribution in [0.4, 0.5) is 0 Å². The molecule has 0 saturated carbocycles. The first-order valence-electron chi connectivity index (χ1n) is 8.52. The maximum absolute atomic E-state index is 12.3. The van der Waals surface area contributed by atoms with Crippen LogP contribution in [0.2, 0.25) is 0 Å². The van der Waals surface area contributed by atoms with E-state index in [4.69, 9.17) is 4.42 Å². The molecule has 1 aromatic heterocycles. The second-order valence-electron chi connectivity index (χ2n) is 6.43. The molecule has 0 saturated heterocycles. The van der Waals surface area contributed by atoms with Crippen molar-refractivity contribution >= 4 is 22.8 Å². The number of rotatable bonds is 7. The monoisotopic (exact) mass is 361 g/mol. The Kier molecular flexibility index (Phi) is 6.02. The highest BCUT2D eigenvalue weighted by molar-refractivity contribution is 5.90. The van der Waals surface area contributed by atoms with Crippen molar-refractivity contribution in [1.29, 1.82) is 0 Å². The first-order valence-corrected chi connectivity index (χ1v) is 8.52. The van der Waals surface area contributed by atoms with E-state index in [1.54, 1.807) is 26.0 Å². The number of amides is 1. The average Bonchev–Trinajstić information content (AvgIpc) is 2.54. The van der Waals surface area contributed by atoms with Crippen molar-refractivity contribution in [3.05, 3.63) is 39.2 Å². The number of carbonyl (C=O) groups is 2. The fourth-order valence-corrected chi connectivity index (χ4v) is 2.93. The molecule has 2 rings (SSSR count). The highest BCUT2D eigenvalue weighted by Crippen LogP contribution is 2.29. The molecule has 0 aliphatic carbocycles. The third kappa shape index (κ3) is 4.22. The first-order chi connectivity index (χ1) is 12.2. The van der Waals surface area contributed by atoms with E-state index in [2.05, 4.69) is 5.32 Å². The Morgan fingerprint density at radius 1 is 1.27 bits per heavy atom. The predicted octanol–water partition coefficient (Wildman–Crippen LogP) is 2.42. The molecule has 26 heavy (non-hydrogen) atoms. The van der Waals surface area contributed by atoms with Crippen LogP contribution in [0.3, 0.4) is 0 Å². The van der Waals surface area contributed by atoms with E-state index in [0.29, 0.717) is 23.8 Å². The van der Waals surface area contributed by atoms with E-state index >= 15 is 0 Å². The molecule has 0 spiro atoms. The Labute approximate surface area is 150 Å². The summed E-state index contributed by atoms with van der Waals surface area (Å²) in [4.78, 5) is 35.8. The topological polar surface area (TPSA) is 117 Å². The largest absolute Gasteiger partial charge is 0.507 e. The number of aryl methyl sites for hydroxylation is 2. The number of nitrogens with one attached hydrogen (secondary N) is 1. The summed E-state index contributed by atoms with van der Waals surface area (Å²) in [5.74, 6) is -1.72. The van der Waals surface area contributed by atoms with Crippen LogP contribution in [0.5, 0.6) is 5.75 Å². The minimum Gasteiger partial charge on any atom is -0.507 e. The Morgan fingerprint density at radius 2 is 1.96 bits per heavy atom. The van der Waals surface area contributed by atoms with Crippen molar-refractivity contribution in [1.82, 2.24) is 5.32 Å². The minimum atomic E-state index is -1.11. The number of phenols is 1. The number of fused-ring (bicyclic) bond motifs is 1. The summed E-state index contributed by atoms with van der Waals surface area (Å²) in [6.07, 6.45) is 1.49. The lowest BCUT2D eigenvalue weighted by Gasteiger charge is -2.15. The molecular formula is C19H23NO6. The summed E-state index contributed by atoms with van der Waals surface area (Å²) < 4.78 is 5.24. The zero-order valence-corrected chi connectivity index (χ0v) is 15.1. The van der Waals surface area contributed by atoms with Crippen molar-refractivity contribution in [2.45, 2.75) is 52.5 Å². The number of hydrogen-bond acceptors (Lipinski definition) is 5. The molecule has 1 atom stereocenters. The number of aromatic hydroxyl groups is 1. The standard InChI is InChI=1S/C19H23NO6/c1-4-5-6-13(18(23)24)20-16(22)9-12-11(3)17-14(21)7-10(2)8-15(17)26-19(12)25/h7-8,13,21H,4-6,9H2,1-3H3,(H,20,22)(H,23,24)/t13-/m1/s1. The van der Waals surface area contributed by atoms with Gasteiger partial charge < -0.3 is 19.9 Å². The summed E-state index contributed by atoms with van der Waals surface area (Å²) in [7, 11) is 0. The summed E-state index contributed by atoms with van der Waals surface area (Å²) in [6.45, 7) is 5.32. The number of phenolic OH excluding ortho intramolecular Hbond substituents is 1. The number of aliphatic carboxylic acids is 1. The highest BCUT2D eigenvalue weighted by Gasteiger charge is 2.22. The zero-order valence-electron chi connectivity index (χ0n) is 15.1. The van der Waals surface area contributed by atoms with E-state index in [9.17, 15) is 24.6 Å². The zero-order chi connectivity index (χ0) is 19.4. The Hall–Kier alpha value is -2.83. The van der Waals surface area contributed by atoms with Crippen molar-refractivity contribution in [3.63, 3.8) is 0 Å². The van der Waals surface area contributed by atoms with Gasteiger partial charge in [-0.15, -0.1) is 0 Å². The molecule has 0 radical (unpaired) electrons. The third-order valence-electron chi connectivity index (χ3n) is 4.32. The molecule has 7 nitrogen and oxygen atoms in total. The molecular weight excluding hydrogens is 338 g/mol. The fourth-order valence-electron chi connectivity index (χ4n) is 2.93. The van der Waals surface area contributed by atoms with E-state index in [0.717, 1.165) is 12.0 Å². The number of carbonyl (C=O) groups excluding carboxylic acids is 1. The smallest absolute Gasteiger partial charge is 0.340 e. The summed E-state index contributed by atoms with van der Waals surface area (Å²) in [6, 6.07) is 2.19. The summed E-state index contributed by atoms with van der Waals surface area (Å²) in [5.41, 5.74) is 0.873. The second kappa shape index (κ2) is 8.03. The Bertz CT molecular complexity index is 899. The minimum absolute atomic E-state index is 0.0331. The van der Waals surface area contributed by atoms with E-state index in [1.165, 1.54) is 0 Å². The van der Waals surface area contributed by atoms with Crippen molar-refractivity contribution in [2.75, 3.05) is 0 Å². The maximum Gasteiger partial charge on any atom is 0.340 e. The van der Waals surface area contributed by atoms with Gasteiger partial charge in [0.1, 0.15) is 17.4 Å².